The summed E-state index contributed by atoms with van der Waals surface area (Å²) in [6, 6.07) is -0.0538. The Hall–Kier alpha value is -0.770. The van der Waals surface area contributed by atoms with E-state index in [1.165, 1.54) is 0 Å². The smallest absolute Gasteiger partial charge is 0.310 e. The maximum Gasteiger partial charge on any atom is 0.332 e. The molecule has 1 aliphatic heterocycles. The Morgan fingerprint density at radius 3 is 2.67 bits per heavy atom. The molecule has 4 heteroatoms. The molecule has 0 saturated carbocycles. The van der Waals surface area contributed by atoms with Crippen LogP contribution in [0.25, 0.3) is 0 Å². The number of nitrogens with zero attached hydrogens (tertiary/aromatic N) is 1. The molecule has 4 nitrogen and oxygen atoms in total. The summed E-state index contributed by atoms with van der Waals surface area (Å²) in [4.78, 5) is 12.3. The third-order valence-electron chi connectivity index (χ3n) is 1.52. The summed E-state index contributed by atoms with van der Waals surface area (Å²) in [5.41, 5.74) is 5.34. The lowest BCUT2D eigenvalue weighted by Gasteiger charge is -2.13. The van der Waals surface area contributed by atoms with Crippen molar-refractivity contribution >= 4 is 6.03 Å². The van der Waals surface area contributed by atoms with E-state index in [9.17, 15) is 4.79 Å². The topological polar surface area (TPSA) is 44.4 Å². The molecule has 0 aromatic heterocycles. The number of carbonyl (C=O) groups excluding carboxylic acids is 1. The van der Waals surface area contributed by atoms with Crippen LogP contribution in [0.5, 0.6) is 0 Å². The molecule has 52 valence electrons. The highest BCUT2D eigenvalue weighted by atomic mass is 16.2. The number of carbonyl (C=O) groups is 1. The molecule has 1 atom stereocenters. The van der Waals surface area contributed by atoms with Crippen LogP contribution in [-0.4, -0.2) is 24.1 Å². The molecule has 1 rings (SSSR count). The van der Waals surface area contributed by atoms with Gasteiger partial charge in [0.2, 0.25) is 0 Å². The van der Waals surface area contributed by atoms with Crippen LogP contribution >= 0.6 is 0 Å². The van der Waals surface area contributed by atoms with Crippen LogP contribution < -0.4 is 10.9 Å². The summed E-state index contributed by atoms with van der Waals surface area (Å²) in [5.74, 6) is 0. The molecule has 2 amide bonds. The molecular weight excluding hydrogens is 118 g/mol. The minimum atomic E-state index is -0.0538. The van der Waals surface area contributed by atoms with E-state index in [2.05, 4.69) is 10.9 Å². The van der Waals surface area contributed by atoms with Crippen molar-refractivity contribution in [1.82, 2.24) is 15.8 Å². The van der Waals surface area contributed by atoms with Gasteiger partial charge < -0.3 is 4.90 Å². The fraction of sp³-hybridized carbons (Fsp3) is 0.800. The van der Waals surface area contributed by atoms with Crippen molar-refractivity contribution in [2.75, 3.05) is 7.05 Å². The van der Waals surface area contributed by atoms with E-state index in [-0.39, 0.29) is 12.2 Å². The molecular formula is C5H11N3O. The van der Waals surface area contributed by atoms with Crippen molar-refractivity contribution in [3.8, 4) is 0 Å². The second kappa shape index (κ2) is 2.23. The van der Waals surface area contributed by atoms with Crippen molar-refractivity contribution in [3.63, 3.8) is 0 Å². The van der Waals surface area contributed by atoms with Crippen molar-refractivity contribution in [1.29, 1.82) is 0 Å². The number of amides is 2. The lowest BCUT2D eigenvalue weighted by molar-refractivity contribution is 0.214. The van der Waals surface area contributed by atoms with Crippen molar-refractivity contribution in [3.05, 3.63) is 0 Å². The van der Waals surface area contributed by atoms with Crippen LogP contribution in [-0.2, 0) is 0 Å². The molecule has 0 aromatic carbocycles. The van der Waals surface area contributed by atoms with Gasteiger partial charge in [-0.25, -0.2) is 10.2 Å². The monoisotopic (exact) mass is 129 g/mol. The van der Waals surface area contributed by atoms with Crippen molar-refractivity contribution in [2.24, 2.45) is 0 Å². The standard InChI is InChI=1S/C5H11N3O/c1-3-4-6-7-5(9)8(4)2/h4,6H,3H2,1-2H3,(H,7,9). The average Bonchev–Trinajstić information content (AvgIpc) is 2.15. The number of rotatable bonds is 1. The second-order valence-corrected chi connectivity index (χ2v) is 2.11. The van der Waals surface area contributed by atoms with Crippen LogP contribution in [0.3, 0.4) is 0 Å². The molecule has 0 radical (unpaired) electrons. The Kier molecular flexibility index (Phi) is 1.57. The fourth-order valence-corrected chi connectivity index (χ4v) is 0.848. The van der Waals surface area contributed by atoms with E-state index < -0.39 is 0 Å². The van der Waals surface area contributed by atoms with Gasteiger partial charge in [0.15, 0.2) is 0 Å². The van der Waals surface area contributed by atoms with Gasteiger partial charge in [-0.15, -0.1) is 0 Å². The van der Waals surface area contributed by atoms with E-state index in [4.69, 9.17) is 0 Å². The van der Waals surface area contributed by atoms with Gasteiger partial charge in [-0.1, -0.05) is 6.92 Å². The highest BCUT2D eigenvalue weighted by Gasteiger charge is 2.24. The maximum atomic E-state index is 10.7. The first-order valence-electron chi connectivity index (χ1n) is 3.04. The molecule has 0 aliphatic carbocycles. The van der Waals surface area contributed by atoms with Gasteiger partial charge >= 0.3 is 6.03 Å². The molecule has 1 heterocycles. The zero-order valence-corrected chi connectivity index (χ0v) is 5.64. The molecule has 9 heavy (non-hydrogen) atoms. The molecule has 1 aliphatic rings. The first kappa shape index (κ1) is 6.35. The molecule has 2 N–H and O–H groups in total. The maximum absolute atomic E-state index is 10.7. The SMILES string of the molecule is CCC1NNC(=O)N1C. The average molecular weight is 129 g/mol. The third-order valence-corrected chi connectivity index (χ3v) is 1.52. The molecule has 0 bridgehead atoms. The van der Waals surface area contributed by atoms with Crippen LogP contribution in [0, 0.1) is 0 Å². The Labute approximate surface area is 54.2 Å². The fourth-order valence-electron chi connectivity index (χ4n) is 0.848. The van der Waals surface area contributed by atoms with Crippen LogP contribution in [0.2, 0.25) is 0 Å². The lowest BCUT2D eigenvalue weighted by Crippen LogP contribution is -2.33. The summed E-state index contributed by atoms with van der Waals surface area (Å²) in [6.07, 6.45) is 1.09. The van der Waals surface area contributed by atoms with Crippen LogP contribution in [0.15, 0.2) is 0 Å². The van der Waals surface area contributed by atoms with Gasteiger partial charge in [0.05, 0.1) is 0 Å². The Bertz CT molecular complexity index is 125. The Morgan fingerprint density at radius 1 is 1.78 bits per heavy atom. The summed E-state index contributed by atoms with van der Waals surface area (Å²) in [5, 5.41) is 0. The van der Waals surface area contributed by atoms with Crippen LogP contribution in [0.1, 0.15) is 13.3 Å². The summed E-state index contributed by atoms with van der Waals surface area (Å²) >= 11 is 0. The van der Waals surface area contributed by atoms with E-state index in [1.807, 2.05) is 6.92 Å². The second-order valence-electron chi connectivity index (χ2n) is 2.11. The molecule has 0 aromatic rings. The quantitative estimate of drug-likeness (QED) is 0.518. The Morgan fingerprint density at radius 2 is 2.44 bits per heavy atom. The van der Waals surface area contributed by atoms with Gasteiger partial charge in [0, 0.05) is 7.05 Å². The summed E-state index contributed by atoms with van der Waals surface area (Å²) < 4.78 is 0. The zero-order valence-electron chi connectivity index (χ0n) is 5.64. The molecule has 1 unspecified atom stereocenters. The number of urea groups is 1. The molecule has 1 fully saturated rings. The highest BCUT2D eigenvalue weighted by molar-refractivity contribution is 5.75. The van der Waals surface area contributed by atoms with Gasteiger partial charge in [-0.3, -0.25) is 5.43 Å². The number of nitrogens with one attached hydrogen (secondary N) is 2. The van der Waals surface area contributed by atoms with E-state index in [0.717, 1.165) is 6.42 Å². The summed E-state index contributed by atoms with van der Waals surface area (Å²) in [6.45, 7) is 2.02. The molecule has 1 saturated heterocycles. The number of hydrazine groups is 1. The summed E-state index contributed by atoms with van der Waals surface area (Å²) in [7, 11) is 1.77. The Balaban J connectivity index is 2.51. The van der Waals surface area contributed by atoms with Crippen LogP contribution in [0.4, 0.5) is 4.79 Å². The number of hydrogen-bond donors (Lipinski definition) is 2. The van der Waals surface area contributed by atoms with E-state index in [1.54, 1.807) is 11.9 Å². The van der Waals surface area contributed by atoms with E-state index >= 15 is 0 Å². The first-order chi connectivity index (χ1) is 4.25. The van der Waals surface area contributed by atoms with Gasteiger partial charge in [0.1, 0.15) is 6.17 Å². The highest BCUT2D eigenvalue weighted by Crippen LogP contribution is 2.01. The lowest BCUT2D eigenvalue weighted by atomic mass is 10.4. The van der Waals surface area contributed by atoms with Crippen molar-refractivity contribution < 1.29 is 4.79 Å². The largest absolute Gasteiger partial charge is 0.332 e. The van der Waals surface area contributed by atoms with E-state index in [0.29, 0.717) is 0 Å². The minimum Gasteiger partial charge on any atom is -0.310 e. The normalized spacial score (nSPS) is 26.7. The third kappa shape index (κ3) is 0.977. The predicted octanol–water partition coefficient (Wildman–Crippen LogP) is -0.118. The molecule has 0 spiro atoms. The number of hydrogen-bond acceptors (Lipinski definition) is 2. The van der Waals surface area contributed by atoms with Gasteiger partial charge in [0.25, 0.3) is 0 Å². The van der Waals surface area contributed by atoms with Crippen molar-refractivity contribution in [2.45, 2.75) is 19.5 Å². The predicted molar refractivity (Wildman–Crippen MR) is 33.5 cm³/mol. The van der Waals surface area contributed by atoms with Gasteiger partial charge in [-0.05, 0) is 6.42 Å². The zero-order chi connectivity index (χ0) is 6.85. The van der Waals surface area contributed by atoms with Gasteiger partial charge in [-0.2, -0.15) is 0 Å². The minimum absolute atomic E-state index is 0.0538. The first-order valence-corrected chi connectivity index (χ1v) is 3.04.